The molecule has 0 radical (unpaired) electrons. The number of ether oxygens (including phenoxy) is 2. The van der Waals surface area contributed by atoms with Gasteiger partial charge >= 0.3 is 0 Å². The Morgan fingerprint density at radius 2 is 1.84 bits per heavy atom. The lowest BCUT2D eigenvalue weighted by atomic mass is 9.94. The quantitative estimate of drug-likeness (QED) is 0.377. The summed E-state index contributed by atoms with van der Waals surface area (Å²) >= 11 is 0. The van der Waals surface area contributed by atoms with Crippen molar-refractivity contribution in [3.05, 3.63) is 70.5 Å². The number of benzene rings is 2. The molecule has 0 unspecified atom stereocenters. The summed E-state index contributed by atoms with van der Waals surface area (Å²) in [5, 5.41) is 11.1. The van der Waals surface area contributed by atoms with Gasteiger partial charge in [-0.2, -0.15) is 0 Å². The third-order valence-corrected chi connectivity index (χ3v) is 5.28. The Balaban J connectivity index is 2.06. The molecule has 0 aliphatic carbocycles. The number of aryl methyl sites for hydroxylation is 1. The minimum absolute atomic E-state index is 0.0343. The molecule has 2 aromatic carbocycles. The van der Waals surface area contributed by atoms with E-state index < -0.39 is 23.5 Å². The molecule has 6 nitrogen and oxygen atoms in total. The second kappa shape index (κ2) is 9.96. The molecule has 32 heavy (non-hydrogen) atoms. The topological polar surface area (TPSA) is 76.1 Å². The smallest absolute Gasteiger partial charge is 0.295 e. The van der Waals surface area contributed by atoms with E-state index in [-0.39, 0.29) is 24.5 Å². The highest BCUT2D eigenvalue weighted by Crippen LogP contribution is 2.39. The number of likely N-dealkylation sites (tertiary alicyclic amines) is 1. The van der Waals surface area contributed by atoms with Crippen LogP contribution in [0.4, 0.5) is 4.39 Å². The van der Waals surface area contributed by atoms with Crippen molar-refractivity contribution in [2.45, 2.75) is 26.8 Å². The Kier molecular flexibility index (Phi) is 7.30. The minimum Gasteiger partial charge on any atom is -0.507 e. The number of amides is 1. The molecule has 170 valence electrons. The van der Waals surface area contributed by atoms with Gasteiger partial charge in [-0.15, -0.1) is 0 Å². The van der Waals surface area contributed by atoms with E-state index in [1.807, 2.05) is 20.8 Å². The van der Waals surface area contributed by atoms with Gasteiger partial charge in [0.15, 0.2) is 0 Å². The highest BCUT2D eigenvalue weighted by atomic mass is 19.1. The average molecular weight is 441 g/mol. The molecule has 1 amide bonds. The van der Waals surface area contributed by atoms with Crippen molar-refractivity contribution >= 4 is 17.4 Å². The predicted molar refractivity (Wildman–Crippen MR) is 119 cm³/mol. The number of aliphatic hydroxyl groups is 1. The van der Waals surface area contributed by atoms with Crippen LogP contribution in [-0.4, -0.2) is 48.6 Å². The Bertz CT molecular complexity index is 1030. The highest BCUT2D eigenvalue weighted by molar-refractivity contribution is 6.46. The van der Waals surface area contributed by atoms with E-state index in [2.05, 4.69) is 0 Å². The van der Waals surface area contributed by atoms with Gasteiger partial charge in [0.2, 0.25) is 0 Å². The fraction of sp³-hybridized carbons (Fsp3) is 0.360. The summed E-state index contributed by atoms with van der Waals surface area (Å²) in [6, 6.07) is 9.80. The van der Waals surface area contributed by atoms with E-state index in [9.17, 15) is 19.1 Å². The Morgan fingerprint density at radius 1 is 1.16 bits per heavy atom. The molecule has 1 atom stereocenters. The maximum absolute atomic E-state index is 13.5. The molecule has 0 spiro atoms. The van der Waals surface area contributed by atoms with Crippen molar-refractivity contribution in [1.82, 2.24) is 4.90 Å². The minimum atomic E-state index is -0.845. The van der Waals surface area contributed by atoms with E-state index in [1.165, 1.54) is 36.3 Å². The maximum Gasteiger partial charge on any atom is 0.295 e. The molecular formula is C25H28FNO5. The van der Waals surface area contributed by atoms with E-state index in [0.717, 1.165) is 5.56 Å². The van der Waals surface area contributed by atoms with Gasteiger partial charge in [-0.05, 0) is 54.3 Å². The van der Waals surface area contributed by atoms with Gasteiger partial charge in [-0.25, -0.2) is 4.39 Å². The number of nitrogens with zero attached hydrogens (tertiary/aromatic N) is 1. The zero-order valence-corrected chi connectivity index (χ0v) is 18.7. The third kappa shape index (κ3) is 4.83. The maximum atomic E-state index is 13.5. The first kappa shape index (κ1) is 23.5. The molecule has 1 N–H and O–H groups in total. The molecule has 3 rings (SSSR count). The molecule has 0 aromatic heterocycles. The summed E-state index contributed by atoms with van der Waals surface area (Å²) in [5.74, 6) is -1.18. The molecule has 1 heterocycles. The zero-order chi connectivity index (χ0) is 23.4. The Morgan fingerprint density at radius 3 is 2.44 bits per heavy atom. The number of rotatable bonds is 8. The first-order chi connectivity index (χ1) is 15.2. The van der Waals surface area contributed by atoms with Crippen molar-refractivity contribution in [3.63, 3.8) is 0 Å². The van der Waals surface area contributed by atoms with Crippen LogP contribution in [0.3, 0.4) is 0 Å². The molecule has 0 saturated carbocycles. The number of hydrogen-bond acceptors (Lipinski definition) is 5. The van der Waals surface area contributed by atoms with E-state index in [4.69, 9.17) is 9.47 Å². The second-order valence-corrected chi connectivity index (χ2v) is 8.22. The number of carbonyl (C=O) groups excluding carboxylic acids is 2. The van der Waals surface area contributed by atoms with Crippen molar-refractivity contribution < 1.29 is 28.6 Å². The molecule has 0 bridgehead atoms. The summed E-state index contributed by atoms with van der Waals surface area (Å²) in [7, 11) is 1.50. The Hall–Kier alpha value is -3.19. The number of Topliss-reactive ketones (excluding diaryl/α,β-unsaturated/α-hetero) is 1. The predicted octanol–water partition coefficient (Wildman–Crippen LogP) is 4.24. The van der Waals surface area contributed by atoms with Crippen LogP contribution in [-0.2, 0) is 14.3 Å². The average Bonchev–Trinajstić information content (AvgIpc) is 3.01. The molecule has 1 fully saturated rings. The van der Waals surface area contributed by atoms with Crippen LogP contribution in [0.25, 0.3) is 5.76 Å². The van der Waals surface area contributed by atoms with Crippen molar-refractivity contribution in [1.29, 1.82) is 0 Å². The first-order valence-electron chi connectivity index (χ1n) is 10.5. The molecule has 1 aliphatic heterocycles. The number of methoxy groups -OCH3 is 1. The summed E-state index contributed by atoms with van der Waals surface area (Å²) in [6.45, 7) is 6.87. The standard InChI is InChI=1S/C25H28FNO5/c1-15(2)14-32-20-10-7-18(13-16(20)3)23(28)21-22(17-5-8-19(26)9-6-17)27(11-12-31-4)25(30)24(21)29/h5-10,13,15,22,28H,11-12,14H2,1-4H3/t22-/m1/s1. The van der Waals surface area contributed by atoms with Crippen molar-refractivity contribution in [3.8, 4) is 5.75 Å². The third-order valence-electron chi connectivity index (χ3n) is 5.28. The lowest BCUT2D eigenvalue weighted by molar-refractivity contribution is -0.140. The van der Waals surface area contributed by atoms with Gasteiger partial charge in [-0.3, -0.25) is 9.59 Å². The van der Waals surface area contributed by atoms with Crippen LogP contribution in [0.15, 0.2) is 48.0 Å². The van der Waals surface area contributed by atoms with Crippen LogP contribution < -0.4 is 4.74 Å². The van der Waals surface area contributed by atoms with Gasteiger partial charge in [0.1, 0.15) is 17.3 Å². The van der Waals surface area contributed by atoms with Gasteiger partial charge < -0.3 is 19.5 Å². The molecule has 2 aromatic rings. The second-order valence-electron chi connectivity index (χ2n) is 8.22. The van der Waals surface area contributed by atoms with Crippen LogP contribution >= 0.6 is 0 Å². The fourth-order valence-electron chi connectivity index (χ4n) is 3.66. The monoisotopic (exact) mass is 441 g/mol. The fourth-order valence-corrected chi connectivity index (χ4v) is 3.66. The van der Waals surface area contributed by atoms with Gasteiger partial charge in [-0.1, -0.05) is 26.0 Å². The molecule has 7 heteroatoms. The number of ketones is 1. The number of carbonyl (C=O) groups is 2. The normalized spacial score (nSPS) is 17.9. The van der Waals surface area contributed by atoms with Crippen LogP contribution in [0, 0.1) is 18.7 Å². The molecular weight excluding hydrogens is 413 g/mol. The van der Waals surface area contributed by atoms with Crippen LogP contribution in [0.1, 0.15) is 36.6 Å². The van der Waals surface area contributed by atoms with Gasteiger partial charge in [0.25, 0.3) is 11.7 Å². The number of aliphatic hydroxyl groups excluding tert-OH is 1. The molecule has 1 saturated heterocycles. The van der Waals surface area contributed by atoms with Crippen LogP contribution in [0.5, 0.6) is 5.75 Å². The number of halogens is 1. The summed E-state index contributed by atoms with van der Waals surface area (Å²) < 4.78 is 24.4. The van der Waals surface area contributed by atoms with Gasteiger partial charge in [0.05, 0.1) is 24.8 Å². The van der Waals surface area contributed by atoms with Gasteiger partial charge in [0, 0.05) is 19.2 Å². The van der Waals surface area contributed by atoms with E-state index in [0.29, 0.717) is 29.4 Å². The largest absolute Gasteiger partial charge is 0.507 e. The van der Waals surface area contributed by atoms with Crippen LogP contribution in [0.2, 0.25) is 0 Å². The zero-order valence-electron chi connectivity index (χ0n) is 18.7. The van der Waals surface area contributed by atoms with Crippen molar-refractivity contribution in [2.75, 3.05) is 26.9 Å². The Labute approximate surface area is 187 Å². The summed E-state index contributed by atoms with van der Waals surface area (Å²) in [5.41, 5.74) is 1.68. The summed E-state index contributed by atoms with van der Waals surface area (Å²) in [4.78, 5) is 27.0. The van der Waals surface area contributed by atoms with E-state index >= 15 is 0 Å². The molecule has 1 aliphatic rings. The SMILES string of the molecule is COCCN1C(=O)C(=O)C(=C(O)c2ccc(OCC(C)C)c(C)c2)[C@H]1c1ccc(F)cc1. The number of hydrogen-bond donors (Lipinski definition) is 1. The van der Waals surface area contributed by atoms with E-state index in [1.54, 1.807) is 18.2 Å². The lowest BCUT2D eigenvalue weighted by Crippen LogP contribution is -2.32. The lowest BCUT2D eigenvalue weighted by Gasteiger charge is -2.25. The summed E-state index contributed by atoms with van der Waals surface area (Å²) in [6.07, 6.45) is 0. The first-order valence-corrected chi connectivity index (χ1v) is 10.5. The van der Waals surface area contributed by atoms with Crippen molar-refractivity contribution in [2.24, 2.45) is 5.92 Å². The highest BCUT2D eigenvalue weighted by Gasteiger charge is 2.45.